The smallest absolute Gasteiger partial charge is 0.166 e. The molecule has 0 amide bonds. The summed E-state index contributed by atoms with van der Waals surface area (Å²) in [4.78, 5) is 0. The largest absolute Gasteiger partial charge is 0.454 e. The highest BCUT2D eigenvalue weighted by Crippen LogP contribution is 2.30. The molecular formula is C16H17BrFNO. The van der Waals surface area contributed by atoms with E-state index in [9.17, 15) is 4.39 Å². The van der Waals surface area contributed by atoms with Crippen molar-refractivity contribution in [3.63, 3.8) is 0 Å². The van der Waals surface area contributed by atoms with Gasteiger partial charge in [-0.2, -0.15) is 0 Å². The predicted molar refractivity (Wildman–Crippen MR) is 82.7 cm³/mol. The number of nitrogens with two attached hydrogens (primary N) is 1. The zero-order valence-corrected chi connectivity index (χ0v) is 13.1. The van der Waals surface area contributed by atoms with Gasteiger partial charge in [-0.05, 0) is 50.1 Å². The van der Waals surface area contributed by atoms with Gasteiger partial charge in [-0.15, -0.1) is 0 Å². The second-order valence-corrected chi connectivity index (χ2v) is 5.89. The normalized spacial score (nSPS) is 12.2. The Labute approximate surface area is 126 Å². The van der Waals surface area contributed by atoms with Gasteiger partial charge in [0.1, 0.15) is 5.75 Å². The van der Waals surface area contributed by atoms with E-state index in [1.807, 2.05) is 32.0 Å². The average molecular weight is 338 g/mol. The Morgan fingerprint density at radius 2 is 1.90 bits per heavy atom. The van der Waals surface area contributed by atoms with Crippen LogP contribution in [0.4, 0.5) is 4.39 Å². The number of benzene rings is 2. The fourth-order valence-electron chi connectivity index (χ4n) is 1.99. The number of hydrogen-bond donors (Lipinski definition) is 1. The fourth-order valence-corrected chi connectivity index (χ4v) is 2.32. The Hall–Kier alpha value is -1.39. The molecule has 1 atom stereocenters. The summed E-state index contributed by atoms with van der Waals surface area (Å²) in [7, 11) is 0. The molecule has 2 rings (SSSR count). The lowest BCUT2D eigenvalue weighted by atomic mass is 10.0. The van der Waals surface area contributed by atoms with Crippen LogP contribution < -0.4 is 10.5 Å². The van der Waals surface area contributed by atoms with Crippen LogP contribution in [0.15, 0.2) is 40.9 Å². The minimum Gasteiger partial charge on any atom is -0.454 e. The molecule has 0 aliphatic carbocycles. The minimum absolute atomic E-state index is 0.0221. The SMILES string of the molecule is Cc1ccc(Oc2ccc(Br)cc2F)c(CC(C)N)c1. The Bertz CT molecular complexity index is 613. The van der Waals surface area contributed by atoms with Gasteiger partial charge in [0.2, 0.25) is 0 Å². The van der Waals surface area contributed by atoms with Crippen molar-refractivity contribution in [2.75, 3.05) is 0 Å². The van der Waals surface area contributed by atoms with Crippen molar-refractivity contribution in [2.24, 2.45) is 5.73 Å². The molecule has 2 aromatic rings. The lowest BCUT2D eigenvalue weighted by molar-refractivity contribution is 0.436. The van der Waals surface area contributed by atoms with Crippen LogP contribution in [-0.2, 0) is 6.42 Å². The van der Waals surface area contributed by atoms with Crippen molar-refractivity contribution < 1.29 is 9.13 Å². The van der Waals surface area contributed by atoms with Gasteiger partial charge in [0.05, 0.1) is 0 Å². The van der Waals surface area contributed by atoms with Crippen LogP contribution in [0.3, 0.4) is 0 Å². The number of halogens is 2. The minimum atomic E-state index is -0.397. The van der Waals surface area contributed by atoms with Crippen LogP contribution in [0.25, 0.3) is 0 Å². The Morgan fingerprint density at radius 1 is 1.20 bits per heavy atom. The highest BCUT2D eigenvalue weighted by atomic mass is 79.9. The van der Waals surface area contributed by atoms with Crippen LogP contribution in [-0.4, -0.2) is 6.04 Å². The van der Waals surface area contributed by atoms with Crippen molar-refractivity contribution in [1.82, 2.24) is 0 Å². The third-order valence-corrected chi connectivity index (χ3v) is 3.36. The molecule has 106 valence electrons. The maximum atomic E-state index is 13.8. The summed E-state index contributed by atoms with van der Waals surface area (Å²) < 4.78 is 20.2. The van der Waals surface area contributed by atoms with Crippen LogP contribution in [0, 0.1) is 12.7 Å². The highest BCUT2D eigenvalue weighted by Gasteiger charge is 2.10. The summed E-state index contributed by atoms with van der Waals surface area (Å²) in [5.74, 6) is 0.462. The quantitative estimate of drug-likeness (QED) is 0.886. The first-order chi connectivity index (χ1) is 9.45. The third kappa shape index (κ3) is 3.81. The lowest BCUT2D eigenvalue weighted by Crippen LogP contribution is -2.18. The van der Waals surface area contributed by atoms with Crippen molar-refractivity contribution in [2.45, 2.75) is 26.3 Å². The average Bonchev–Trinajstić information content (AvgIpc) is 2.34. The van der Waals surface area contributed by atoms with E-state index in [-0.39, 0.29) is 11.8 Å². The second-order valence-electron chi connectivity index (χ2n) is 4.97. The molecule has 0 fully saturated rings. The molecule has 0 saturated heterocycles. The van der Waals surface area contributed by atoms with Crippen molar-refractivity contribution in [3.05, 3.63) is 57.8 Å². The van der Waals surface area contributed by atoms with E-state index in [0.717, 1.165) is 11.1 Å². The maximum Gasteiger partial charge on any atom is 0.166 e. The molecular weight excluding hydrogens is 321 g/mol. The second kappa shape index (κ2) is 6.37. The molecule has 2 nitrogen and oxygen atoms in total. The van der Waals surface area contributed by atoms with Gasteiger partial charge in [0, 0.05) is 10.5 Å². The molecule has 0 heterocycles. The van der Waals surface area contributed by atoms with Gasteiger partial charge in [-0.25, -0.2) is 4.39 Å². The first-order valence-corrected chi connectivity index (χ1v) is 7.23. The van der Waals surface area contributed by atoms with Gasteiger partial charge < -0.3 is 10.5 Å². The Balaban J connectivity index is 2.32. The molecule has 0 aliphatic rings. The lowest BCUT2D eigenvalue weighted by Gasteiger charge is -2.14. The molecule has 0 spiro atoms. The van der Waals surface area contributed by atoms with E-state index in [1.54, 1.807) is 12.1 Å². The van der Waals surface area contributed by atoms with E-state index >= 15 is 0 Å². The first-order valence-electron chi connectivity index (χ1n) is 6.43. The Morgan fingerprint density at radius 3 is 2.55 bits per heavy atom. The van der Waals surface area contributed by atoms with Crippen LogP contribution >= 0.6 is 15.9 Å². The molecule has 2 N–H and O–H groups in total. The van der Waals surface area contributed by atoms with E-state index in [4.69, 9.17) is 10.5 Å². The fraction of sp³-hybridized carbons (Fsp3) is 0.250. The maximum absolute atomic E-state index is 13.8. The molecule has 0 aromatic heterocycles. The highest BCUT2D eigenvalue weighted by molar-refractivity contribution is 9.10. The monoisotopic (exact) mass is 337 g/mol. The molecule has 4 heteroatoms. The zero-order chi connectivity index (χ0) is 14.7. The topological polar surface area (TPSA) is 35.2 Å². The molecule has 0 bridgehead atoms. The summed E-state index contributed by atoms with van der Waals surface area (Å²) in [5.41, 5.74) is 7.97. The van der Waals surface area contributed by atoms with Crippen molar-refractivity contribution in [1.29, 1.82) is 0 Å². The van der Waals surface area contributed by atoms with Gasteiger partial charge >= 0.3 is 0 Å². The number of ether oxygens (including phenoxy) is 1. The van der Waals surface area contributed by atoms with Gasteiger partial charge in [0.25, 0.3) is 0 Å². The first kappa shape index (κ1) is 15.0. The predicted octanol–water partition coefficient (Wildman–Crippen LogP) is 4.58. The number of aryl methyl sites for hydroxylation is 1. The molecule has 0 saturated carbocycles. The summed E-state index contributed by atoms with van der Waals surface area (Å²) in [6.45, 7) is 3.95. The Kier molecular flexibility index (Phi) is 4.78. The molecule has 0 aliphatic heterocycles. The third-order valence-electron chi connectivity index (χ3n) is 2.87. The van der Waals surface area contributed by atoms with Crippen molar-refractivity contribution >= 4 is 15.9 Å². The van der Waals surface area contributed by atoms with Gasteiger partial charge in [0.15, 0.2) is 11.6 Å². The number of rotatable bonds is 4. The molecule has 0 radical (unpaired) electrons. The summed E-state index contributed by atoms with van der Waals surface area (Å²) in [6, 6.07) is 10.6. The number of hydrogen-bond acceptors (Lipinski definition) is 2. The van der Waals surface area contributed by atoms with Crippen molar-refractivity contribution in [3.8, 4) is 11.5 Å². The van der Waals surface area contributed by atoms with E-state index in [0.29, 0.717) is 16.6 Å². The molecule has 2 aromatic carbocycles. The van der Waals surface area contributed by atoms with E-state index in [1.165, 1.54) is 6.07 Å². The van der Waals surface area contributed by atoms with Gasteiger partial charge in [-0.1, -0.05) is 33.6 Å². The van der Waals surface area contributed by atoms with Crippen LogP contribution in [0.5, 0.6) is 11.5 Å². The summed E-state index contributed by atoms with van der Waals surface area (Å²) >= 11 is 3.23. The van der Waals surface area contributed by atoms with Gasteiger partial charge in [-0.3, -0.25) is 0 Å². The summed E-state index contributed by atoms with van der Waals surface area (Å²) in [5, 5.41) is 0. The van der Waals surface area contributed by atoms with E-state index in [2.05, 4.69) is 15.9 Å². The molecule has 20 heavy (non-hydrogen) atoms. The standard InChI is InChI=1S/C16H17BrFNO/c1-10-3-5-15(12(7-10)8-11(2)19)20-16-6-4-13(17)9-14(16)18/h3-7,9,11H,8,19H2,1-2H3. The zero-order valence-electron chi connectivity index (χ0n) is 11.5. The summed E-state index contributed by atoms with van der Waals surface area (Å²) in [6.07, 6.45) is 0.690. The van der Waals surface area contributed by atoms with Crippen LogP contribution in [0.1, 0.15) is 18.1 Å². The molecule has 1 unspecified atom stereocenters. The van der Waals surface area contributed by atoms with Crippen LogP contribution in [0.2, 0.25) is 0 Å². The van der Waals surface area contributed by atoms with E-state index < -0.39 is 5.82 Å².